The quantitative estimate of drug-likeness (QED) is 0.867. The van der Waals surface area contributed by atoms with Gasteiger partial charge in [0.05, 0.1) is 24.3 Å². The molecule has 0 spiro atoms. The van der Waals surface area contributed by atoms with Crippen LogP contribution in [0.5, 0.6) is 0 Å². The van der Waals surface area contributed by atoms with Crippen LogP contribution in [-0.4, -0.2) is 33.5 Å². The number of primary amides is 1. The first-order chi connectivity index (χ1) is 10.1. The lowest BCUT2D eigenvalue weighted by molar-refractivity contribution is -0.119. The zero-order valence-electron chi connectivity index (χ0n) is 11.1. The fourth-order valence-corrected chi connectivity index (χ4v) is 2.71. The van der Waals surface area contributed by atoms with Crippen molar-refractivity contribution in [2.75, 3.05) is 6.54 Å². The van der Waals surface area contributed by atoms with Crippen molar-refractivity contribution >= 4 is 23.9 Å². The number of nitrogens with two attached hydrogens (primary N) is 1. The van der Waals surface area contributed by atoms with Gasteiger partial charge in [0.25, 0.3) is 5.91 Å². The summed E-state index contributed by atoms with van der Waals surface area (Å²) >= 11 is 5.99. The van der Waals surface area contributed by atoms with Gasteiger partial charge in [-0.2, -0.15) is 5.10 Å². The topological polar surface area (TPSA) is 81.2 Å². The van der Waals surface area contributed by atoms with E-state index in [1.54, 1.807) is 27.8 Å². The Hall–Kier alpha value is -2.34. The Morgan fingerprint density at radius 1 is 1.38 bits per heavy atom. The number of hydrogen-bond acceptors (Lipinski definition) is 3. The van der Waals surface area contributed by atoms with Crippen molar-refractivity contribution in [1.82, 2.24) is 14.7 Å². The summed E-state index contributed by atoms with van der Waals surface area (Å²) in [5.41, 5.74) is 7.77. The van der Waals surface area contributed by atoms with Crippen LogP contribution in [0, 0.1) is 0 Å². The van der Waals surface area contributed by atoms with Crippen molar-refractivity contribution in [3.05, 3.63) is 40.5 Å². The molecular weight excluding hydrogens is 292 g/mol. The van der Waals surface area contributed by atoms with Gasteiger partial charge in [-0.15, -0.1) is 0 Å². The Morgan fingerprint density at radius 2 is 2.19 bits per heavy atom. The molecule has 1 aromatic heterocycles. The Bertz CT molecular complexity index is 726. The molecule has 6 nitrogen and oxygen atoms in total. The summed E-state index contributed by atoms with van der Waals surface area (Å²) in [5, 5.41) is 5.03. The van der Waals surface area contributed by atoms with Crippen molar-refractivity contribution in [2.45, 2.75) is 13.1 Å². The van der Waals surface area contributed by atoms with Crippen molar-refractivity contribution < 1.29 is 9.59 Å². The second-order valence-electron chi connectivity index (χ2n) is 4.84. The van der Waals surface area contributed by atoms with Gasteiger partial charge in [0, 0.05) is 17.1 Å². The Morgan fingerprint density at radius 3 is 2.86 bits per heavy atom. The fraction of sp³-hybridized carbons (Fsp3) is 0.214. The van der Waals surface area contributed by atoms with E-state index in [2.05, 4.69) is 5.10 Å². The van der Waals surface area contributed by atoms with Gasteiger partial charge in [-0.3, -0.25) is 14.3 Å². The van der Waals surface area contributed by atoms with Gasteiger partial charge in [-0.25, -0.2) is 0 Å². The molecule has 108 valence electrons. The van der Waals surface area contributed by atoms with Crippen LogP contribution in [0.2, 0.25) is 5.02 Å². The first-order valence-electron chi connectivity index (χ1n) is 6.45. The van der Waals surface area contributed by atoms with Gasteiger partial charge < -0.3 is 10.6 Å². The highest BCUT2D eigenvalue weighted by Crippen LogP contribution is 2.29. The second-order valence-corrected chi connectivity index (χ2v) is 5.28. The molecule has 0 bridgehead atoms. The molecule has 1 aliphatic heterocycles. The van der Waals surface area contributed by atoms with Gasteiger partial charge in [0.2, 0.25) is 6.41 Å². The van der Waals surface area contributed by atoms with E-state index in [9.17, 15) is 9.59 Å². The zero-order valence-corrected chi connectivity index (χ0v) is 11.9. The molecule has 7 heteroatoms. The molecule has 2 amide bonds. The summed E-state index contributed by atoms with van der Waals surface area (Å²) in [6, 6.07) is 7.10. The van der Waals surface area contributed by atoms with Crippen molar-refractivity contribution in [1.29, 1.82) is 0 Å². The highest BCUT2D eigenvalue weighted by atomic mass is 35.5. The minimum atomic E-state index is -0.557. The minimum Gasteiger partial charge on any atom is -0.365 e. The number of amides is 2. The summed E-state index contributed by atoms with van der Waals surface area (Å²) in [6.07, 6.45) is 0.764. The van der Waals surface area contributed by atoms with E-state index in [0.717, 1.165) is 12.0 Å². The SMILES string of the molecule is NC(=O)c1c(-c2cccc(Cl)c2)nn2c1CN(C=O)CC2. The fourth-order valence-electron chi connectivity index (χ4n) is 2.52. The largest absolute Gasteiger partial charge is 0.365 e. The van der Waals surface area contributed by atoms with E-state index in [1.165, 1.54) is 0 Å². The molecule has 0 atom stereocenters. The molecule has 2 N–H and O–H groups in total. The van der Waals surface area contributed by atoms with Crippen LogP contribution in [0.4, 0.5) is 0 Å². The molecule has 0 unspecified atom stereocenters. The molecule has 1 aromatic carbocycles. The number of aromatic nitrogens is 2. The summed E-state index contributed by atoms with van der Waals surface area (Å²) in [6.45, 7) is 1.43. The minimum absolute atomic E-state index is 0.329. The third-order valence-electron chi connectivity index (χ3n) is 3.50. The number of carbonyl (C=O) groups is 2. The third-order valence-corrected chi connectivity index (χ3v) is 3.74. The lowest BCUT2D eigenvalue weighted by Gasteiger charge is -2.24. The Labute approximate surface area is 126 Å². The maximum absolute atomic E-state index is 11.8. The maximum Gasteiger partial charge on any atom is 0.252 e. The number of carbonyl (C=O) groups excluding carboxylic acids is 2. The number of rotatable bonds is 3. The van der Waals surface area contributed by atoms with Gasteiger partial charge in [-0.05, 0) is 12.1 Å². The van der Waals surface area contributed by atoms with Crippen LogP contribution in [-0.2, 0) is 17.9 Å². The molecule has 21 heavy (non-hydrogen) atoms. The second kappa shape index (κ2) is 5.21. The zero-order chi connectivity index (χ0) is 15.0. The number of fused-ring (bicyclic) bond motifs is 1. The normalized spacial score (nSPS) is 13.9. The van der Waals surface area contributed by atoms with Gasteiger partial charge >= 0.3 is 0 Å². The molecule has 1 aliphatic rings. The molecule has 0 aliphatic carbocycles. The Balaban J connectivity index is 2.16. The molecular formula is C14H13ClN4O2. The summed E-state index contributed by atoms with van der Waals surface area (Å²) in [4.78, 5) is 24.4. The molecule has 2 heterocycles. The van der Waals surface area contributed by atoms with Crippen molar-refractivity contribution in [3.8, 4) is 11.3 Å². The van der Waals surface area contributed by atoms with Crippen molar-refractivity contribution in [2.24, 2.45) is 5.73 Å². The number of halogens is 1. The third kappa shape index (κ3) is 2.38. The average molecular weight is 305 g/mol. The first kappa shape index (κ1) is 13.6. The first-order valence-corrected chi connectivity index (χ1v) is 6.82. The number of benzene rings is 1. The number of nitrogens with zero attached hydrogens (tertiary/aromatic N) is 3. The molecule has 0 saturated carbocycles. The van der Waals surface area contributed by atoms with Crippen LogP contribution >= 0.6 is 11.6 Å². The van der Waals surface area contributed by atoms with Crippen LogP contribution in [0.15, 0.2) is 24.3 Å². The van der Waals surface area contributed by atoms with Crippen LogP contribution < -0.4 is 5.73 Å². The lowest BCUT2D eigenvalue weighted by Crippen LogP contribution is -2.34. The highest BCUT2D eigenvalue weighted by molar-refractivity contribution is 6.30. The van der Waals surface area contributed by atoms with E-state index >= 15 is 0 Å². The smallest absolute Gasteiger partial charge is 0.252 e. The van der Waals surface area contributed by atoms with Gasteiger partial charge in [-0.1, -0.05) is 23.7 Å². The molecule has 3 rings (SSSR count). The van der Waals surface area contributed by atoms with E-state index in [4.69, 9.17) is 17.3 Å². The van der Waals surface area contributed by atoms with E-state index in [0.29, 0.717) is 41.6 Å². The standard InChI is InChI=1S/C14H13ClN4O2/c15-10-3-1-2-9(6-10)13-12(14(16)21)11-7-18(8-20)4-5-19(11)17-13/h1-3,6,8H,4-5,7H2,(H2,16,21). The molecule has 0 fully saturated rings. The highest BCUT2D eigenvalue weighted by Gasteiger charge is 2.27. The lowest BCUT2D eigenvalue weighted by atomic mass is 10.0. The van der Waals surface area contributed by atoms with Crippen LogP contribution in [0.25, 0.3) is 11.3 Å². The average Bonchev–Trinajstić information content (AvgIpc) is 2.85. The van der Waals surface area contributed by atoms with E-state index < -0.39 is 5.91 Å². The monoisotopic (exact) mass is 304 g/mol. The van der Waals surface area contributed by atoms with Gasteiger partial charge in [0.15, 0.2) is 0 Å². The summed E-state index contributed by atoms with van der Waals surface area (Å²) in [7, 11) is 0. The van der Waals surface area contributed by atoms with Crippen LogP contribution in [0.1, 0.15) is 16.1 Å². The molecule has 2 aromatic rings. The predicted molar refractivity (Wildman–Crippen MR) is 77.7 cm³/mol. The van der Waals surface area contributed by atoms with Crippen molar-refractivity contribution in [3.63, 3.8) is 0 Å². The number of hydrogen-bond donors (Lipinski definition) is 1. The summed E-state index contributed by atoms with van der Waals surface area (Å²) in [5.74, 6) is -0.557. The molecule has 0 saturated heterocycles. The van der Waals surface area contributed by atoms with E-state index in [1.807, 2.05) is 6.07 Å². The molecule has 0 radical (unpaired) electrons. The van der Waals surface area contributed by atoms with E-state index in [-0.39, 0.29) is 0 Å². The van der Waals surface area contributed by atoms with Gasteiger partial charge in [0.1, 0.15) is 5.69 Å². The predicted octanol–water partition coefficient (Wildman–Crippen LogP) is 1.27. The van der Waals surface area contributed by atoms with Crippen LogP contribution in [0.3, 0.4) is 0 Å². The Kier molecular flexibility index (Phi) is 3.39. The summed E-state index contributed by atoms with van der Waals surface area (Å²) < 4.78 is 1.73. The maximum atomic E-state index is 11.8.